The fourth-order valence-electron chi connectivity index (χ4n) is 2.70. The Labute approximate surface area is 174 Å². The summed E-state index contributed by atoms with van der Waals surface area (Å²) < 4.78 is 5.42. The highest BCUT2D eigenvalue weighted by atomic mass is 127. The number of hydrogen-bond acceptors (Lipinski definition) is 3. The number of aromatic nitrogens is 1. The number of aryl methyl sites for hydroxylation is 3. The molecule has 6 heteroatoms. The lowest BCUT2D eigenvalue weighted by atomic mass is 10.1. The molecule has 144 valence electrons. The molecular formula is C20H31IN4O. The molecule has 0 fully saturated rings. The van der Waals surface area contributed by atoms with Gasteiger partial charge >= 0.3 is 0 Å². The predicted molar refractivity (Wildman–Crippen MR) is 118 cm³/mol. The molecule has 0 unspecified atom stereocenters. The van der Waals surface area contributed by atoms with Crippen molar-refractivity contribution in [3.8, 4) is 0 Å². The lowest BCUT2D eigenvalue weighted by Gasteiger charge is -2.11. The first-order chi connectivity index (χ1) is 12.2. The van der Waals surface area contributed by atoms with Crippen molar-refractivity contribution < 1.29 is 4.52 Å². The molecule has 1 aromatic carbocycles. The molecule has 2 N–H and O–H groups in total. The van der Waals surface area contributed by atoms with Crippen LogP contribution in [-0.4, -0.2) is 24.2 Å². The zero-order valence-corrected chi connectivity index (χ0v) is 18.6. The summed E-state index contributed by atoms with van der Waals surface area (Å²) in [6, 6.07) is 8.66. The number of guanidine groups is 1. The molecule has 0 aliphatic carbocycles. The van der Waals surface area contributed by atoms with E-state index in [0.717, 1.165) is 55.3 Å². The Bertz CT molecular complexity index is 658. The van der Waals surface area contributed by atoms with Gasteiger partial charge in [0.2, 0.25) is 0 Å². The van der Waals surface area contributed by atoms with Crippen LogP contribution in [0.4, 0.5) is 0 Å². The Morgan fingerprint density at radius 3 is 2.42 bits per heavy atom. The zero-order valence-electron chi connectivity index (χ0n) is 16.3. The van der Waals surface area contributed by atoms with E-state index in [1.54, 1.807) is 0 Å². The van der Waals surface area contributed by atoms with Gasteiger partial charge < -0.3 is 15.2 Å². The number of aliphatic imine (C=N–C) groups is 1. The van der Waals surface area contributed by atoms with Crippen LogP contribution < -0.4 is 10.6 Å². The Morgan fingerprint density at radius 2 is 1.81 bits per heavy atom. The molecule has 0 aliphatic heterocycles. The van der Waals surface area contributed by atoms with E-state index >= 15 is 0 Å². The Hall–Kier alpha value is -1.57. The van der Waals surface area contributed by atoms with Crippen LogP contribution in [0.15, 0.2) is 33.8 Å². The molecule has 2 aromatic rings. The van der Waals surface area contributed by atoms with Gasteiger partial charge in [-0.05, 0) is 32.3 Å². The average molecular weight is 470 g/mol. The molecule has 0 saturated heterocycles. The second-order valence-electron chi connectivity index (χ2n) is 6.10. The van der Waals surface area contributed by atoms with Gasteiger partial charge in [0.1, 0.15) is 5.76 Å². The molecule has 0 saturated carbocycles. The SMILES string of the molecule is CCNC(=NCc1c(CC)noc1CC)NCCc1ccc(C)cc1.I. The maximum atomic E-state index is 5.42. The molecule has 1 heterocycles. The predicted octanol–water partition coefficient (Wildman–Crippen LogP) is 4.02. The second kappa shape index (κ2) is 11.9. The van der Waals surface area contributed by atoms with Gasteiger partial charge in [0, 0.05) is 25.1 Å². The molecule has 0 radical (unpaired) electrons. The maximum absolute atomic E-state index is 5.42. The number of nitrogens with zero attached hydrogens (tertiary/aromatic N) is 2. The monoisotopic (exact) mass is 470 g/mol. The van der Waals surface area contributed by atoms with Gasteiger partial charge in [-0.2, -0.15) is 0 Å². The third kappa shape index (κ3) is 6.63. The Balaban J connectivity index is 0.00000338. The Kier molecular flexibility index (Phi) is 10.3. The lowest BCUT2D eigenvalue weighted by molar-refractivity contribution is 0.380. The summed E-state index contributed by atoms with van der Waals surface area (Å²) in [5, 5.41) is 10.9. The first-order valence-corrected chi connectivity index (χ1v) is 9.21. The van der Waals surface area contributed by atoms with Crippen molar-refractivity contribution in [2.45, 2.75) is 53.5 Å². The minimum atomic E-state index is 0. The number of halogens is 1. The number of hydrogen-bond donors (Lipinski definition) is 2. The molecule has 1 aromatic heterocycles. The molecule has 26 heavy (non-hydrogen) atoms. The first kappa shape index (κ1) is 22.5. The highest BCUT2D eigenvalue weighted by Crippen LogP contribution is 2.16. The summed E-state index contributed by atoms with van der Waals surface area (Å²) in [6.45, 7) is 10.6. The van der Waals surface area contributed by atoms with Crippen molar-refractivity contribution in [2.24, 2.45) is 4.99 Å². The molecule has 5 nitrogen and oxygen atoms in total. The molecule has 0 spiro atoms. The van der Waals surface area contributed by atoms with E-state index in [9.17, 15) is 0 Å². The van der Waals surface area contributed by atoms with Crippen LogP contribution in [0.2, 0.25) is 0 Å². The third-order valence-electron chi connectivity index (χ3n) is 4.17. The summed E-state index contributed by atoms with van der Waals surface area (Å²) in [5.74, 6) is 1.77. The third-order valence-corrected chi connectivity index (χ3v) is 4.17. The minimum Gasteiger partial charge on any atom is -0.361 e. The molecule has 0 amide bonds. The largest absolute Gasteiger partial charge is 0.361 e. The van der Waals surface area contributed by atoms with E-state index in [1.165, 1.54) is 11.1 Å². The fourth-order valence-corrected chi connectivity index (χ4v) is 2.70. The number of nitrogens with one attached hydrogen (secondary N) is 2. The van der Waals surface area contributed by atoms with Crippen molar-refractivity contribution in [1.82, 2.24) is 15.8 Å². The zero-order chi connectivity index (χ0) is 18.1. The molecule has 0 aliphatic rings. The van der Waals surface area contributed by atoms with Gasteiger partial charge in [-0.15, -0.1) is 24.0 Å². The number of rotatable bonds is 8. The summed E-state index contributed by atoms with van der Waals surface area (Å²) in [6.07, 6.45) is 2.68. The average Bonchev–Trinajstić information content (AvgIpc) is 3.03. The van der Waals surface area contributed by atoms with Crippen molar-refractivity contribution in [3.05, 3.63) is 52.4 Å². The fraction of sp³-hybridized carbons (Fsp3) is 0.500. The van der Waals surface area contributed by atoms with Gasteiger partial charge in [-0.25, -0.2) is 4.99 Å². The van der Waals surface area contributed by atoms with Crippen molar-refractivity contribution in [1.29, 1.82) is 0 Å². The normalized spacial score (nSPS) is 11.2. The standard InChI is InChI=1S/C20H30N4O.HI/c1-5-18-17(19(6-2)25-24-18)14-23-20(21-7-3)22-13-12-16-10-8-15(4)9-11-16;/h8-11H,5-7,12-14H2,1-4H3,(H2,21,22,23);1H. The van der Waals surface area contributed by atoms with Gasteiger partial charge in [-0.1, -0.05) is 48.8 Å². The van der Waals surface area contributed by atoms with Crippen molar-refractivity contribution >= 4 is 29.9 Å². The highest BCUT2D eigenvalue weighted by Gasteiger charge is 2.13. The van der Waals surface area contributed by atoms with Gasteiger partial charge in [-0.3, -0.25) is 0 Å². The first-order valence-electron chi connectivity index (χ1n) is 9.21. The van der Waals surface area contributed by atoms with Gasteiger partial charge in [0.15, 0.2) is 5.96 Å². The van der Waals surface area contributed by atoms with E-state index in [0.29, 0.717) is 6.54 Å². The van der Waals surface area contributed by atoms with Crippen LogP contribution in [0.25, 0.3) is 0 Å². The molecular weight excluding hydrogens is 439 g/mol. The minimum absolute atomic E-state index is 0. The molecule has 2 rings (SSSR count). The smallest absolute Gasteiger partial charge is 0.191 e. The van der Waals surface area contributed by atoms with Crippen LogP contribution in [0.5, 0.6) is 0 Å². The topological polar surface area (TPSA) is 62.5 Å². The van der Waals surface area contributed by atoms with E-state index in [-0.39, 0.29) is 24.0 Å². The van der Waals surface area contributed by atoms with E-state index in [2.05, 4.69) is 67.8 Å². The van der Waals surface area contributed by atoms with E-state index in [4.69, 9.17) is 9.52 Å². The maximum Gasteiger partial charge on any atom is 0.191 e. The molecule has 0 bridgehead atoms. The number of benzene rings is 1. The van der Waals surface area contributed by atoms with Crippen LogP contribution in [-0.2, 0) is 25.8 Å². The van der Waals surface area contributed by atoms with Crippen molar-refractivity contribution in [3.63, 3.8) is 0 Å². The highest BCUT2D eigenvalue weighted by molar-refractivity contribution is 14.0. The van der Waals surface area contributed by atoms with Crippen LogP contribution in [0, 0.1) is 6.92 Å². The quantitative estimate of drug-likeness (QED) is 0.348. The Morgan fingerprint density at radius 1 is 1.08 bits per heavy atom. The lowest BCUT2D eigenvalue weighted by Crippen LogP contribution is -2.38. The van der Waals surface area contributed by atoms with Gasteiger partial charge in [0.25, 0.3) is 0 Å². The summed E-state index contributed by atoms with van der Waals surface area (Å²) in [5.41, 5.74) is 4.75. The van der Waals surface area contributed by atoms with Crippen LogP contribution in [0.3, 0.4) is 0 Å². The van der Waals surface area contributed by atoms with E-state index < -0.39 is 0 Å². The summed E-state index contributed by atoms with van der Waals surface area (Å²) >= 11 is 0. The van der Waals surface area contributed by atoms with Crippen LogP contribution in [0.1, 0.15) is 48.9 Å². The summed E-state index contributed by atoms with van der Waals surface area (Å²) in [4.78, 5) is 4.71. The molecule has 0 atom stereocenters. The van der Waals surface area contributed by atoms with E-state index in [1.807, 2.05) is 0 Å². The summed E-state index contributed by atoms with van der Waals surface area (Å²) in [7, 11) is 0. The van der Waals surface area contributed by atoms with Gasteiger partial charge in [0.05, 0.1) is 12.2 Å². The van der Waals surface area contributed by atoms with Crippen molar-refractivity contribution in [2.75, 3.05) is 13.1 Å². The van der Waals surface area contributed by atoms with Crippen LogP contribution >= 0.6 is 24.0 Å². The second-order valence-corrected chi connectivity index (χ2v) is 6.10.